The van der Waals surface area contributed by atoms with Gasteiger partial charge in [-0.15, -0.1) is 0 Å². The van der Waals surface area contributed by atoms with Crippen LogP contribution in [0.2, 0.25) is 5.02 Å². The van der Waals surface area contributed by atoms with Crippen molar-refractivity contribution in [2.45, 2.75) is 13.0 Å². The van der Waals surface area contributed by atoms with Crippen molar-refractivity contribution in [3.63, 3.8) is 0 Å². The van der Waals surface area contributed by atoms with Gasteiger partial charge in [-0.2, -0.15) is 0 Å². The van der Waals surface area contributed by atoms with E-state index in [1.54, 1.807) is 6.07 Å². The van der Waals surface area contributed by atoms with E-state index in [4.69, 9.17) is 11.6 Å². The van der Waals surface area contributed by atoms with E-state index >= 15 is 0 Å². The quantitative estimate of drug-likeness (QED) is 0.820. The summed E-state index contributed by atoms with van der Waals surface area (Å²) >= 11 is 5.74. The molecule has 0 amide bonds. The number of benzene rings is 2. The van der Waals surface area contributed by atoms with E-state index in [9.17, 15) is 13.2 Å². The van der Waals surface area contributed by atoms with Gasteiger partial charge in [-0.3, -0.25) is 0 Å². The summed E-state index contributed by atoms with van der Waals surface area (Å²) in [5, 5.41) is 3.41. The van der Waals surface area contributed by atoms with Crippen LogP contribution in [-0.4, -0.2) is 6.54 Å². The smallest absolute Gasteiger partial charge is 0.126 e. The standard InChI is InChI=1S/C15H13ClF3N/c16-12-3-11(6-13(17)7-12)9-20-2-1-10-4-14(18)8-15(19)5-10/h3-8,20H,1-2,9H2. The molecule has 2 aromatic rings. The van der Waals surface area contributed by atoms with Gasteiger partial charge in [-0.1, -0.05) is 11.6 Å². The third kappa shape index (κ3) is 4.54. The third-order valence-electron chi connectivity index (χ3n) is 2.76. The minimum atomic E-state index is -0.586. The lowest BCUT2D eigenvalue weighted by Gasteiger charge is -2.06. The molecular formula is C15H13ClF3N. The highest BCUT2D eigenvalue weighted by Crippen LogP contribution is 2.14. The van der Waals surface area contributed by atoms with Crippen LogP contribution in [0.25, 0.3) is 0 Å². The fourth-order valence-electron chi connectivity index (χ4n) is 1.93. The molecule has 1 nitrogen and oxygen atoms in total. The molecule has 0 aliphatic rings. The maximum absolute atomic E-state index is 13.1. The zero-order valence-corrected chi connectivity index (χ0v) is 11.4. The van der Waals surface area contributed by atoms with E-state index < -0.39 is 11.6 Å². The molecule has 20 heavy (non-hydrogen) atoms. The molecule has 2 rings (SSSR count). The summed E-state index contributed by atoms with van der Waals surface area (Å²) in [4.78, 5) is 0. The Hall–Kier alpha value is -1.52. The van der Waals surface area contributed by atoms with Crippen LogP contribution in [-0.2, 0) is 13.0 Å². The number of halogens is 4. The number of rotatable bonds is 5. The topological polar surface area (TPSA) is 12.0 Å². The number of nitrogens with one attached hydrogen (secondary N) is 1. The van der Waals surface area contributed by atoms with Crippen molar-refractivity contribution in [2.75, 3.05) is 6.54 Å². The number of hydrogen-bond acceptors (Lipinski definition) is 1. The first-order valence-corrected chi connectivity index (χ1v) is 6.51. The summed E-state index contributed by atoms with van der Waals surface area (Å²) in [6.45, 7) is 0.965. The summed E-state index contributed by atoms with van der Waals surface area (Å²) in [5.74, 6) is -1.56. The van der Waals surface area contributed by atoms with Crippen molar-refractivity contribution in [3.8, 4) is 0 Å². The average Bonchev–Trinajstić information content (AvgIpc) is 2.32. The molecule has 0 aliphatic heterocycles. The molecule has 0 aliphatic carbocycles. The van der Waals surface area contributed by atoms with E-state index in [1.807, 2.05) is 0 Å². The van der Waals surface area contributed by atoms with E-state index in [0.717, 1.165) is 11.6 Å². The Labute approximate surface area is 120 Å². The number of hydrogen-bond donors (Lipinski definition) is 1. The molecule has 106 valence electrons. The van der Waals surface area contributed by atoms with Gasteiger partial charge < -0.3 is 5.32 Å². The second-order valence-electron chi connectivity index (χ2n) is 4.48. The predicted molar refractivity (Wildman–Crippen MR) is 73.2 cm³/mol. The summed E-state index contributed by atoms with van der Waals surface area (Å²) in [5.41, 5.74) is 1.30. The molecule has 0 fully saturated rings. The lowest BCUT2D eigenvalue weighted by atomic mass is 10.1. The molecular weight excluding hydrogens is 287 g/mol. The van der Waals surface area contributed by atoms with Crippen LogP contribution in [0.3, 0.4) is 0 Å². The van der Waals surface area contributed by atoms with E-state index in [0.29, 0.717) is 30.1 Å². The molecule has 0 saturated carbocycles. The normalized spacial score (nSPS) is 10.8. The van der Waals surface area contributed by atoms with Crippen LogP contribution in [0.1, 0.15) is 11.1 Å². The average molecular weight is 300 g/mol. The van der Waals surface area contributed by atoms with E-state index in [1.165, 1.54) is 24.3 Å². The minimum absolute atomic E-state index is 0.342. The third-order valence-corrected chi connectivity index (χ3v) is 2.98. The molecule has 0 saturated heterocycles. The second-order valence-corrected chi connectivity index (χ2v) is 4.92. The van der Waals surface area contributed by atoms with Crippen LogP contribution < -0.4 is 5.32 Å². The molecule has 1 N–H and O–H groups in total. The van der Waals surface area contributed by atoms with Gasteiger partial charge in [0.15, 0.2) is 0 Å². The van der Waals surface area contributed by atoms with Gasteiger partial charge in [-0.05, 0) is 54.4 Å². The molecule has 2 aromatic carbocycles. The van der Waals surface area contributed by atoms with Gasteiger partial charge >= 0.3 is 0 Å². The largest absolute Gasteiger partial charge is 0.312 e. The molecule has 0 spiro atoms. The van der Waals surface area contributed by atoms with Gasteiger partial charge in [0.2, 0.25) is 0 Å². The highest BCUT2D eigenvalue weighted by molar-refractivity contribution is 6.30. The van der Waals surface area contributed by atoms with Crippen molar-refractivity contribution < 1.29 is 13.2 Å². The Balaban J connectivity index is 1.84. The van der Waals surface area contributed by atoms with Gasteiger partial charge in [0.05, 0.1) is 0 Å². The predicted octanol–water partition coefficient (Wildman–Crippen LogP) is 4.09. The Kier molecular flexibility index (Phi) is 5.04. The zero-order chi connectivity index (χ0) is 14.5. The van der Waals surface area contributed by atoms with Gasteiger partial charge in [0.1, 0.15) is 17.5 Å². The summed E-state index contributed by atoms with van der Waals surface area (Å²) in [7, 11) is 0. The molecule has 0 atom stereocenters. The first kappa shape index (κ1) is 14.9. The maximum atomic E-state index is 13.1. The van der Waals surface area contributed by atoms with Crippen molar-refractivity contribution in [3.05, 3.63) is 70.0 Å². The lowest BCUT2D eigenvalue weighted by molar-refractivity contribution is 0.577. The highest BCUT2D eigenvalue weighted by atomic mass is 35.5. The Morgan fingerprint density at radius 2 is 1.40 bits per heavy atom. The van der Waals surface area contributed by atoms with Crippen LogP contribution in [0.4, 0.5) is 13.2 Å². The molecule has 5 heteroatoms. The second kappa shape index (κ2) is 6.77. The summed E-state index contributed by atoms with van der Waals surface area (Å²) < 4.78 is 39.0. The van der Waals surface area contributed by atoms with Crippen molar-refractivity contribution in [1.82, 2.24) is 5.32 Å². The SMILES string of the molecule is Fc1cc(F)cc(CCNCc2cc(F)cc(Cl)c2)c1. The molecule has 0 aromatic heterocycles. The first-order valence-electron chi connectivity index (χ1n) is 6.13. The Morgan fingerprint density at radius 3 is 2.05 bits per heavy atom. The fourth-order valence-corrected chi connectivity index (χ4v) is 2.18. The van der Waals surface area contributed by atoms with Crippen LogP contribution in [0.15, 0.2) is 36.4 Å². The maximum Gasteiger partial charge on any atom is 0.126 e. The first-order chi connectivity index (χ1) is 9.52. The van der Waals surface area contributed by atoms with Gasteiger partial charge in [0, 0.05) is 17.6 Å². The van der Waals surface area contributed by atoms with Gasteiger partial charge in [-0.25, -0.2) is 13.2 Å². The van der Waals surface area contributed by atoms with Crippen molar-refractivity contribution >= 4 is 11.6 Å². The van der Waals surface area contributed by atoms with E-state index in [-0.39, 0.29) is 5.82 Å². The zero-order valence-electron chi connectivity index (χ0n) is 10.6. The van der Waals surface area contributed by atoms with Crippen molar-refractivity contribution in [1.29, 1.82) is 0 Å². The van der Waals surface area contributed by atoms with Crippen LogP contribution in [0.5, 0.6) is 0 Å². The summed E-state index contributed by atoms with van der Waals surface area (Å²) in [6.07, 6.45) is 0.484. The molecule has 0 radical (unpaired) electrons. The van der Waals surface area contributed by atoms with Crippen LogP contribution >= 0.6 is 11.6 Å². The lowest BCUT2D eigenvalue weighted by Crippen LogP contribution is -2.17. The highest BCUT2D eigenvalue weighted by Gasteiger charge is 2.02. The molecule has 0 unspecified atom stereocenters. The van der Waals surface area contributed by atoms with Crippen molar-refractivity contribution in [2.24, 2.45) is 0 Å². The van der Waals surface area contributed by atoms with Gasteiger partial charge in [0.25, 0.3) is 0 Å². The molecule has 0 bridgehead atoms. The summed E-state index contributed by atoms with van der Waals surface area (Å²) in [6, 6.07) is 7.72. The molecule has 0 heterocycles. The van der Waals surface area contributed by atoms with Crippen LogP contribution in [0, 0.1) is 17.5 Å². The fraction of sp³-hybridized carbons (Fsp3) is 0.200. The minimum Gasteiger partial charge on any atom is -0.312 e. The van der Waals surface area contributed by atoms with E-state index in [2.05, 4.69) is 5.32 Å². The Morgan fingerprint density at radius 1 is 0.800 bits per heavy atom. The Bertz CT molecular complexity index is 508. The monoisotopic (exact) mass is 299 g/mol.